The van der Waals surface area contributed by atoms with Crippen LogP contribution in [0.4, 0.5) is 0 Å². The number of aromatic nitrogens is 2. The predicted octanol–water partition coefficient (Wildman–Crippen LogP) is 3.73. The van der Waals surface area contributed by atoms with Crippen molar-refractivity contribution in [3.05, 3.63) is 50.8 Å². The highest BCUT2D eigenvalue weighted by molar-refractivity contribution is 9.10. The van der Waals surface area contributed by atoms with E-state index in [1.54, 1.807) is 0 Å². The Morgan fingerprint density at radius 3 is 2.55 bits per heavy atom. The molecule has 0 aliphatic rings. The van der Waals surface area contributed by atoms with Gasteiger partial charge < -0.3 is 5.32 Å². The molecular weight excluding hydrogens is 314 g/mol. The first-order valence-corrected chi connectivity index (χ1v) is 7.80. The van der Waals surface area contributed by atoms with E-state index in [0.717, 1.165) is 29.8 Å². The van der Waals surface area contributed by atoms with Crippen molar-refractivity contribution in [2.75, 3.05) is 6.54 Å². The van der Waals surface area contributed by atoms with E-state index >= 15 is 0 Å². The molecule has 2 rings (SSSR count). The quantitative estimate of drug-likeness (QED) is 0.902. The second-order valence-corrected chi connectivity index (χ2v) is 6.01. The topological polar surface area (TPSA) is 29.9 Å². The van der Waals surface area contributed by atoms with Gasteiger partial charge in [0.2, 0.25) is 0 Å². The van der Waals surface area contributed by atoms with Gasteiger partial charge in [-0.1, -0.05) is 35.0 Å². The largest absolute Gasteiger partial charge is 0.313 e. The summed E-state index contributed by atoms with van der Waals surface area (Å²) in [5.41, 5.74) is 6.20. The minimum atomic E-state index is 0.808. The summed E-state index contributed by atoms with van der Waals surface area (Å²) in [4.78, 5) is 0. The smallest absolute Gasteiger partial charge is 0.0673 e. The van der Waals surface area contributed by atoms with E-state index < -0.39 is 0 Å². The van der Waals surface area contributed by atoms with Crippen LogP contribution in [0.15, 0.2) is 22.7 Å². The van der Waals surface area contributed by atoms with Crippen LogP contribution < -0.4 is 5.32 Å². The Bertz CT molecular complexity index is 602. The fraction of sp³-hybridized carbons (Fsp3) is 0.438. The summed E-state index contributed by atoms with van der Waals surface area (Å²) in [6.45, 7) is 11.1. The first-order valence-electron chi connectivity index (χ1n) is 7.01. The summed E-state index contributed by atoms with van der Waals surface area (Å²) in [6.07, 6.45) is 0. The second-order valence-electron chi connectivity index (χ2n) is 5.16. The van der Waals surface area contributed by atoms with Gasteiger partial charge in [-0.2, -0.15) is 5.10 Å². The van der Waals surface area contributed by atoms with Gasteiger partial charge in [-0.15, -0.1) is 0 Å². The molecule has 2 aromatic rings. The van der Waals surface area contributed by atoms with Crippen LogP contribution >= 0.6 is 15.9 Å². The molecule has 0 spiro atoms. The van der Waals surface area contributed by atoms with Crippen LogP contribution in [0.3, 0.4) is 0 Å². The van der Waals surface area contributed by atoms with E-state index in [4.69, 9.17) is 0 Å². The van der Waals surface area contributed by atoms with Crippen LogP contribution in [0.2, 0.25) is 0 Å². The molecular formula is C16H22BrN3. The third kappa shape index (κ3) is 3.30. The third-order valence-corrected chi connectivity index (χ3v) is 4.50. The van der Waals surface area contributed by atoms with Crippen LogP contribution in [-0.2, 0) is 13.1 Å². The maximum atomic E-state index is 4.60. The molecule has 0 unspecified atom stereocenters. The molecule has 1 aromatic carbocycles. The van der Waals surface area contributed by atoms with Crippen molar-refractivity contribution in [2.24, 2.45) is 0 Å². The summed E-state index contributed by atoms with van der Waals surface area (Å²) >= 11 is 3.68. The molecule has 0 radical (unpaired) electrons. The summed E-state index contributed by atoms with van der Waals surface area (Å²) in [7, 11) is 0. The van der Waals surface area contributed by atoms with Crippen molar-refractivity contribution >= 4 is 15.9 Å². The molecule has 108 valence electrons. The van der Waals surface area contributed by atoms with Gasteiger partial charge >= 0.3 is 0 Å². The molecule has 0 saturated carbocycles. The van der Waals surface area contributed by atoms with Gasteiger partial charge in [0.05, 0.1) is 12.2 Å². The Labute approximate surface area is 129 Å². The number of halogens is 1. The molecule has 1 aromatic heterocycles. The summed E-state index contributed by atoms with van der Waals surface area (Å²) in [5.74, 6) is 0. The molecule has 3 nitrogen and oxygen atoms in total. The minimum Gasteiger partial charge on any atom is -0.313 e. The number of aryl methyl sites for hydroxylation is 1. The molecule has 1 N–H and O–H groups in total. The Balaban J connectivity index is 2.19. The van der Waals surface area contributed by atoms with E-state index in [-0.39, 0.29) is 0 Å². The monoisotopic (exact) mass is 335 g/mol. The van der Waals surface area contributed by atoms with E-state index in [1.165, 1.54) is 22.4 Å². The Morgan fingerprint density at radius 1 is 1.25 bits per heavy atom. The maximum Gasteiger partial charge on any atom is 0.0673 e. The van der Waals surface area contributed by atoms with Gasteiger partial charge in [0.1, 0.15) is 0 Å². The van der Waals surface area contributed by atoms with Crippen LogP contribution in [0.5, 0.6) is 0 Å². The van der Waals surface area contributed by atoms with Crippen molar-refractivity contribution < 1.29 is 0 Å². The number of nitrogens with one attached hydrogen (secondary N) is 1. The number of rotatable bonds is 5. The van der Waals surface area contributed by atoms with E-state index in [2.05, 4.69) is 76.9 Å². The molecule has 0 fully saturated rings. The minimum absolute atomic E-state index is 0.808. The van der Waals surface area contributed by atoms with Gasteiger partial charge in [-0.25, -0.2) is 0 Å². The fourth-order valence-electron chi connectivity index (χ4n) is 2.20. The second kappa shape index (κ2) is 6.55. The number of hydrogen-bond donors (Lipinski definition) is 1. The molecule has 1 heterocycles. The summed E-state index contributed by atoms with van der Waals surface area (Å²) in [5, 5.41) is 7.94. The van der Waals surface area contributed by atoms with Gasteiger partial charge in [0.15, 0.2) is 0 Å². The molecule has 0 atom stereocenters. The van der Waals surface area contributed by atoms with Crippen molar-refractivity contribution in [2.45, 2.75) is 40.8 Å². The predicted molar refractivity (Wildman–Crippen MR) is 87.1 cm³/mol. The summed E-state index contributed by atoms with van der Waals surface area (Å²) < 4.78 is 3.23. The SMILES string of the molecule is CCNCc1ccc(Cn2nc(C)c(C)c2C)c(Br)c1. The lowest BCUT2D eigenvalue weighted by Gasteiger charge is -2.10. The zero-order chi connectivity index (χ0) is 14.7. The Hall–Kier alpha value is -1.13. The average Bonchev–Trinajstić information content (AvgIpc) is 2.67. The summed E-state index contributed by atoms with van der Waals surface area (Å²) in [6, 6.07) is 6.56. The van der Waals surface area contributed by atoms with Crippen molar-refractivity contribution in [1.29, 1.82) is 0 Å². The highest BCUT2D eigenvalue weighted by atomic mass is 79.9. The molecule has 0 amide bonds. The van der Waals surface area contributed by atoms with Crippen molar-refractivity contribution in [3.63, 3.8) is 0 Å². The van der Waals surface area contributed by atoms with E-state index in [1.807, 2.05) is 0 Å². The zero-order valence-corrected chi connectivity index (χ0v) is 14.2. The normalized spacial score (nSPS) is 11.1. The number of benzene rings is 1. The van der Waals surface area contributed by atoms with E-state index in [0.29, 0.717) is 0 Å². The van der Waals surface area contributed by atoms with Crippen LogP contribution in [0, 0.1) is 20.8 Å². The van der Waals surface area contributed by atoms with Gasteiger partial charge in [0.25, 0.3) is 0 Å². The molecule has 0 aliphatic heterocycles. The number of nitrogens with zero attached hydrogens (tertiary/aromatic N) is 2. The molecule has 4 heteroatoms. The average molecular weight is 336 g/mol. The Morgan fingerprint density at radius 2 is 2.00 bits per heavy atom. The highest BCUT2D eigenvalue weighted by Crippen LogP contribution is 2.21. The van der Waals surface area contributed by atoms with Crippen molar-refractivity contribution in [3.8, 4) is 0 Å². The standard InChI is InChI=1S/C16H22BrN3/c1-5-18-9-14-6-7-15(16(17)8-14)10-20-13(4)11(2)12(3)19-20/h6-8,18H,5,9-10H2,1-4H3. The zero-order valence-electron chi connectivity index (χ0n) is 12.6. The van der Waals surface area contributed by atoms with Gasteiger partial charge in [-0.05, 0) is 50.1 Å². The maximum absolute atomic E-state index is 4.60. The fourth-order valence-corrected chi connectivity index (χ4v) is 2.75. The molecule has 0 bridgehead atoms. The lowest BCUT2D eigenvalue weighted by atomic mass is 10.1. The Kier molecular flexibility index (Phi) is 5.00. The highest BCUT2D eigenvalue weighted by Gasteiger charge is 2.09. The van der Waals surface area contributed by atoms with Crippen LogP contribution in [0.1, 0.15) is 35.0 Å². The van der Waals surface area contributed by atoms with Crippen LogP contribution in [0.25, 0.3) is 0 Å². The third-order valence-electron chi connectivity index (χ3n) is 3.76. The van der Waals surface area contributed by atoms with Gasteiger partial charge in [-0.3, -0.25) is 4.68 Å². The lowest BCUT2D eigenvalue weighted by molar-refractivity contribution is 0.656. The molecule has 0 aliphatic carbocycles. The van der Waals surface area contributed by atoms with Crippen molar-refractivity contribution in [1.82, 2.24) is 15.1 Å². The molecule has 20 heavy (non-hydrogen) atoms. The first kappa shape index (κ1) is 15.3. The van der Waals surface area contributed by atoms with Crippen LogP contribution in [-0.4, -0.2) is 16.3 Å². The lowest BCUT2D eigenvalue weighted by Crippen LogP contribution is -2.12. The van der Waals surface area contributed by atoms with E-state index in [9.17, 15) is 0 Å². The first-order chi connectivity index (χ1) is 9.52. The molecule has 0 saturated heterocycles. The number of hydrogen-bond acceptors (Lipinski definition) is 2. The van der Waals surface area contributed by atoms with Gasteiger partial charge in [0, 0.05) is 16.7 Å².